The lowest BCUT2D eigenvalue weighted by Crippen LogP contribution is -2.40. The molecule has 1 unspecified atom stereocenters. The van der Waals surface area contributed by atoms with Gasteiger partial charge in [0, 0.05) is 19.0 Å². The number of carboxylic acids is 1. The Hall–Kier alpha value is -2.05. The zero-order valence-electron chi connectivity index (χ0n) is 12.1. The molecule has 1 atom stereocenters. The highest BCUT2D eigenvalue weighted by Crippen LogP contribution is 2.26. The number of aromatic nitrogens is 1. The number of ether oxygens (including phenoxy) is 1. The van der Waals surface area contributed by atoms with Crippen molar-refractivity contribution in [1.29, 1.82) is 0 Å². The van der Waals surface area contributed by atoms with E-state index >= 15 is 0 Å². The van der Waals surface area contributed by atoms with Crippen LogP contribution in [-0.4, -0.2) is 41.2 Å². The summed E-state index contributed by atoms with van der Waals surface area (Å²) >= 11 is 0. The van der Waals surface area contributed by atoms with E-state index < -0.39 is 11.9 Å². The van der Waals surface area contributed by atoms with Gasteiger partial charge >= 0.3 is 11.9 Å². The van der Waals surface area contributed by atoms with Crippen LogP contribution in [0.15, 0.2) is 10.7 Å². The molecule has 0 spiro atoms. The van der Waals surface area contributed by atoms with E-state index in [4.69, 9.17) is 14.3 Å². The number of rotatable bonds is 6. The van der Waals surface area contributed by atoms with Crippen molar-refractivity contribution >= 4 is 18.0 Å². The van der Waals surface area contributed by atoms with Gasteiger partial charge in [0.2, 0.25) is 0 Å². The lowest BCUT2D eigenvalue weighted by Gasteiger charge is -2.34. The molecule has 0 saturated carbocycles. The molecule has 1 N–H and O–H groups in total. The summed E-state index contributed by atoms with van der Waals surface area (Å²) in [6, 6.07) is 0.455. The first-order valence-corrected chi connectivity index (χ1v) is 7.23. The first kappa shape index (κ1) is 15.3. The van der Waals surface area contributed by atoms with Crippen LogP contribution >= 0.6 is 0 Å². The number of carbonyl (C=O) groups is 2. The second-order valence-electron chi connectivity index (χ2n) is 5.01. The molecule has 0 radical (unpaired) electrons. The molecule has 116 valence electrons. The fraction of sp³-hybridized carbons (Fsp3) is 0.643. The van der Waals surface area contributed by atoms with E-state index in [9.17, 15) is 9.59 Å². The Bertz CT molecular complexity index is 499. The van der Waals surface area contributed by atoms with Gasteiger partial charge in [0.15, 0.2) is 5.69 Å². The van der Waals surface area contributed by atoms with Gasteiger partial charge in [0.1, 0.15) is 6.26 Å². The molecular formula is C14H20N2O5. The monoisotopic (exact) mass is 296 g/mol. The number of nitrogens with zero attached hydrogens (tertiary/aromatic N) is 2. The maximum absolute atomic E-state index is 11.6. The Kier molecular flexibility index (Phi) is 5.19. The van der Waals surface area contributed by atoms with Crippen LogP contribution in [0.5, 0.6) is 0 Å². The summed E-state index contributed by atoms with van der Waals surface area (Å²) in [6.45, 7) is 2.77. The lowest BCUT2D eigenvalue weighted by atomic mass is 9.98. The van der Waals surface area contributed by atoms with Gasteiger partial charge in [-0.3, -0.25) is 4.79 Å². The maximum Gasteiger partial charge on any atom is 0.360 e. The van der Waals surface area contributed by atoms with E-state index in [-0.39, 0.29) is 24.8 Å². The number of esters is 1. The van der Waals surface area contributed by atoms with Crippen LogP contribution in [0.25, 0.3) is 0 Å². The summed E-state index contributed by atoms with van der Waals surface area (Å²) < 4.78 is 10.3. The number of anilines is 1. The van der Waals surface area contributed by atoms with Crippen LogP contribution in [0, 0.1) is 0 Å². The SMILES string of the molecule is CCOC(=O)c1coc(N2CCCCC2CCC(=O)O)n1. The van der Waals surface area contributed by atoms with Gasteiger partial charge in [-0.05, 0) is 32.6 Å². The van der Waals surface area contributed by atoms with Crippen molar-refractivity contribution in [2.75, 3.05) is 18.1 Å². The number of piperidine rings is 1. The summed E-state index contributed by atoms with van der Waals surface area (Å²) in [5.74, 6) is -1.31. The second kappa shape index (κ2) is 7.10. The van der Waals surface area contributed by atoms with Gasteiger partial charge < -0.3 is 19.2 Å². The first-order valence-electron chi connectivity index (χ1n) is 7.23. The minimum Gasteiger partial charge on any atom is -0.481 e. The second-order valence-corrected chi connectivity index (χ2v) is 5.01. The molecule has 0 aliphatic carbocycles. The summed E-state index contributed by atoms with van der Waals surface area (Å²) in [6.07, 6.45) is 4.92. The molecule has 21 heavy (non-hydrogen) atoms. The molecule has 2 rings (SSSR count). The van der Waals surface area contributed by atoms with Gasteiger partial charge in [-0.2, -0.15) is 4.98 Å². The third-order valence-corrected chi connectivity index (χ3v) is 3.54. The molecule has 7 heteroatoms. The van der Waals surface area contributed by atoms with E-state index in [1.807, 2.05) is 4.90 Å². The number of hydrogen-bond acceptors (Lipinski definition) is 6. The highest BCUT2D eigenvalue weighted by molar-refractivity contribution is 5.87. The predicted molar refractivity (Wildman–Crippen MR) is 74.3 cm³/mol. The number of carboxylic acid groups (broad SMARTS) is 1. The quantitative estimate of drug-likeness (QED) is 0.803. The number of carbonyl (C=O) groups excluding carboxylic acids is 1. The third-order valence-electron chi connectivity index (χ3n) is 3.54. The maximum atomic E-state index is 11.6. The van der Waals surface area contributed by atoms with E-state index in [1.54, 1.807) is 6.92 Å². The van der Waals surface area contributed by atoms with Crippen LogP contribution in [0.4, 0.5) is 6.01 Å². The van der Waals surface area contributed by atoms with Crippen LogP contribution in [-0.2, 0) is 9.53 Å². The van der Waals surface area contributed by atoms with E-state index in [2.05, 4.69) is 4.98 Å². The highest BCUT2D eigenvalue weighted by atomic mass is 16.5. The molecule has 7 nitrogen and oxygen atoms in total. The normalized spacial score (nSPS) is 18.5. The van der Waals surface area contributed by atoms with Crippen LogP contribution in [0.1, 0.15) is 49.5 Å². The highest BCUT2D eigenvalue weighted by Gasteiger charge is 2.27. The molecule has 1 saturated heterocycles. The summed E-state index contributed by atoms with van der Waals surface area (Å²) in [5.41, 5.74) is 0.148. The topological polar surface area (TPSA) is 92.9 Å². The minimum absolute atomic E-state index is 0.0866. The molecule has 0 aromatic carbocycles. The lowest BCUT2D eigenvalue weighted by molar-refractivity contribution is -0.137. The largest absolute Gasteiger partial charge is 0.481 e. The van der Waals surface area contributed by atoms with Crippen LogP contribution in [0.2, 0.25) is 0 Å². The minimum atomic E-state index is -0.805. The van der Waals surface area contributed by atoms with Gasteiger partial charge in [0.05, 0.1) is 6.61 Å². The van der Waals surface area contributed by atoms with Crippen molar-refractivity contribution in [2.45, 2.75) is 45.1 Å². The van der Waals surface area contributed by atoms with Crippen molar-refractivity contribution in [3.8, 4) is 0 Å². The molecule has 1 fully saturated rings. The number of hydrogen-bond donors (Lipinski definition) is 1. The molecule has 2 heterocycles. The Balaban J connectivity index is 2.06. The molecule has 1 aromatic heterocycles. The van der Waals surface area contributed by atoms with Crippen molar-refractivity contribution < 1.29 is 23.8 Å². The third kappa shape index (κ3) is 3.96. The number of oxazole rings is 1. The van der Waals surface area contributed by atoms with Gasteiger partial charge in [-0.15, -0.1) is 0 Å². The zero-order valence-corrected chi connectivity index (χ0v) is 12.1. The fourth-order valence-corrected chi connectivity index (χ4v) is 2.54. The zero-order chi connectivity index (χ0) is 15.2. The van der Waals surface area contributed by atoms with Crippen molar-refractivity contribution in [2.24, 2.45) is 0 Å². The standard InChI is InChI=1S/C14H20N2O5/c1-2-20-13(19)11-9-21-14(15-11)16-8-4-3-5-10(16)6-7-12(17)18/h9-10H,2-8H2,1H3,(H,17,18). The summed E-state index contributed by atoms with van der Waals surface area (Å²) in [4.78, 5) is 28.4. The van der Waals surface area contributed by atoms with Gasteiger partial charge in [-0.25, -0.2) is 4.79 Å². The Morgan fingerprint density at radius 2 is 2.33 bits per heavy atom. The van der Waals surface area contributed by atoms with Crippen molar-refractivity contribution in [1.82, 2.24) is 4.98 Å². The Morgan fingerprint density at radius 3 is 3.05 bits per heavy atom. The van der Waals surface area contributed by atoms with Crippen LogP contribution in [0.3, 0.4) is 0 Å². The molecule has 0 amide bonds. The molecule has 1 aliphatic rings. The summed E-state index contributed by atoms with van der Waals surface area (Å²) in [7, 11) is 0. The van der Waals surface area contributed by atoms with E-state index in [1.165, 1.54) is 6.26 Å². The van der Waals surface area contributed by atoms with Crippen LogP contribution < -0.4 is 4.90 Å². The molecule has 0 bridgehead atoms. The predicted octanol–water partition coefficient (Wildman–Crippen LogP) is 2.07. The van der Waals surface area contributed by atoms with E-state index in [0.29, 0.717) is 12.4 Å². The van der Waals surface area contributed by atoms with Gasteiger partial charge in [-0.1, -0.05) is 0 Å². The molecular weight excluding hydrogens is 276 g/mol. The van der Waals surface area contributed by atoms with Crippen molar-refractivity contribution in [3.63, 3.8) is 0 Å². The Morgan fingerprint density at radius 1 is 1.52 bits per heavy atom. The summed E-state index contributed by atoms with van der Waals surface area (Å²) in [5, 5.41) is 8.82. The average molecular weight is 296 g/mol. The first-order chi connectivity index (χ1) is 10.1. The average Bonchev–Trinajstić information content (AvgIpc) is 2.95. The Labute approximate surface area is 122 Å². The molecule has 1 aromatic rings. The number of aliphatic carboxylic acids is 1. The molecule has 1 aliphatic heterocycles. The fourth-order valence-electron chi connectivity index (χ4n) is 2.54. The van der Waals surface area contributed by atoms with Gasteiger partial charge in [0.25, 0.3) is 6.01 Å². The van der Waals surface area contributed by atoms with Crippen molar-refractivity contribution in [3.05, 3.63) is 12.0 Å². The smallest absolute Gasteiger partial charge is 0.360 e. The van der Waals surface area contributed by atoms with E-state index in [0.717, 1.165) is 25.8 Å².